The van der Waals surface area contributed by atoms with Crippen molar-refractivity contribution < 1.29 is 14.3 Å². The molecule has 0 radical (unpaired) electrons. The van der Waals surface area contributed by atoms with Gasteiger partial charge in [-0.15, -0.1) is 0 Å². The fraction of sp³-hybridized carbons (Fsp3) is 0.815. The predicted molar refractivity (Wildman–Crippen MR) is 130 cm³/mol. The van der Waals surface area contributed by atoms with Crippen LogP contribution in [0.2, 0.25) is 0 Å². The Balaban J connectivity index is 1.60. The van der Waals surface area contributed by atoms with Gasteiger partial charge in [-0.3, -0.25) is 4.79 Å². The molecule has 1 aliphatic carbocycles. The summed E-state index contributed by atoms with van der Waals surface area (Å²) in [6.45, 7) is 9.92. The van der Waals surface area contributed by atoms with Gasteiger partial charge in [0.15, 0.2) is 0 Å². The van der Waals surface area contributed by atoms with Gasteiger partial charge in [-0.05, 0) is 76.7 Å². The van der Waals surface area contributed by atoms with E-state index in [1.54, 1.807) is 14.2 Å². The molecule has 3 rings (SSSR count). The van der Waals surface area contributed by atoms with Crippen LogP contribution >= 0.6 is 0 Å². The van der Waals surface area contributed by atoms with Crippen LogP contribution in [0.5, 0.6) is 0 Å². The van der Waals surface area contributed by atoms with Crippen molar-refractivity contribution in [2.75, 3.05) is 46.9 Å². The first kappa shape index (κ1) is 25.1. The minimum absolute atomic E-state index is 0.222. The van der Waals surface area contributed by atoms with E-state index in [0.717, 1.165) is 63.1 Å². The summed E-state index contributed by atoms with van der Waals surface area (Å²) in [5.41, 5.74) is -0.835. The van der Waals surface area contributed by atoms with Gasteiger partial charge in [0.05, 0.1) is 25.0 Å². The lowest BCUT2D eigenvalue weighted by Crippen LogP contribution is -2.39. The Morgan fingerprint density at radius 2 is 1.41 bits per heavy atom. The number of carbonyl (C=O) groups is 1. The van der Waals surface area contributed by atoms with E-state index in [0.29, 0.717) is 0 Å². The van der Waals surface area contributed by atoms with Crippen LogP contribution in [0.25, 0.3) is 0 Å². The van der Waals surface area contributed by atoms with Gasteiger partial charge < -0.3 is 19.3 Å². The molecular weight excluding hydrogens is 400 g/mol. The molecule has 5 nitrogen and oxygen atoms in total. The molecule has 0 aromatic carbocycles. The highest BCUT2D eigenvalue weighted by molar-refractivity contribution is 5.89. The smallest absolute Gasteiger partial charge is 0.236 e. The second kappa shape index (κ2) is 11.6. The molecule has 0 atom stereocenters. The standard InChI is InChI=1S/C27H46N2O3/c1-5-13-27(14-6-2)23(31-3)21-26(22-24(27)32-4)15-20-29(25(26)30)19-10-8-7-9-16-28-17-11-12-18-28/h21-22H,5-20H2,1-4H3. The van der Waals surface area contributed by atoms with Crippen LogP contribution in [0.1, 0.15) is 84.5 Å². The fourth-order valence-corrected chi connectivity index (χ4v) is 6.19. The van der Waals surface area contributed by atoms with Crippen molar-refractivity contribution in [3.05, 3.63) is 23.7 Å². The molecule has 2 heterocycles. The van der Waals surface area contributed by atoms with E-state index in [9.17, 15) is 4.79 Å². The molecule has 1 spiro atoms. The highest BCUT2D eigenvalue weighted by Gasteiger charge is 2.52. The van der Waals surface area contributed by atoms with Gasteiger partial charge in [-0.1, -0.05) is 39.5 Å². The number of methoxy groups -OCH3 is 2. The molecule has 0 N–H and O–H groups in total. The second-order valence-corrected chi connectivity index (χ2v) is 10.1. The van der Waals surface area contributed by atoms with Crippen molar-refractivity contribution >= 4 is 5.91 Å². The molecule has 0 bridgehead atoms. The average Bonchev–Trinajstić information content (AvgIpc) is 3.41. The number of carbonyl (C=O) groups excluding carboxylic acids is 1. The summed E-state index contributed by atoms with van der Waals surface area (Å²) in [4.78, 5) is 18.2. The first-order valence-electron chi connectivity index (χ1n) is 13.1. The molecule has 3 aliphatic rings. The third-order valence-electron chi connectivity index (χ3n) is 7.85. The van der Waals surface area contributed by atoms with E-state index in [2.05, 4.69) is 35.8 Å². The summed E-state index contributed by atoms with van der Waals surface area (Å²) < 4.78 is 11.9. The largest absolute Gasteiger partial charge is 0.500 e. The number of amides is 1. The lowest BCUT2D eigenvalue weighted by molar-refractivity contribution is -0.132. The van der Waals surface area contributed by atoms with Crippen LogP contribution in [-0.2, 0) is 14.3 Å². The van der Waals surface area contributed by atoms with Crippen LogP contribution in [0.3, 0.4) is 0 Å². The molecule has 182 valence electrons. The van der Waals surface area contributed by atoms with Crippen LogP contribution in [0.15, 0.2) is 23.7 Å². The van der Waals surface area contributed by atoms with Gasteiger partial charge in [0.2, 0.25) is 5.91 Å². The summed E-state index contributed by atoms with van der Waals surface area (Å²) >= 11 is 0. The molecular formula is C27H46N2O3. The molecule has 0 aromatic heterocycles. The summed E-state index contributed by atoms with van der Waals surface area (Å²) in [5.74, 6) is 2.08. The predicted octanol–water partition coefficient (Wildman–Crippen LogP) is 5.52. The van der Waals surface area contributed by atoms with E-state index in [-0.39, 0.29) is 11.3 Å². The molecule has 0 aromatic rings. The summed E-state index contributed by atoms with van der Waals surface area (Å²) in [7, 11) is 3.50. The van der Waals surface area contributed by atoms with Gasteiger partial charge in [-0.2, -0.15) is 0 Å². The molecule has 2 aliphatic heterocycles. The van der Waals surface area contributed by atoms with Crippen molar-refractivity contribution in [1.29, 1.82) is 0 Å². The minimum atomic E-state index is -0.600. The van der Waals surface area contributed by atoms with Gasteiger partial charge in [-0.25, -0.2) is 0 Å². The first-order chi connectivity index (χ1) is 15.5. The third-order valence-corrected chi connectivity index (χ3v) is 7.85. The minimum Gasteiger partial charge on any atom is -0.500 e. The van der Waals surface area contributed by atoms with Gasteiger partial charge in [0.25, 0.3) is 0 Å². The van der Waals surface area contributed by atoms with E-state index >= 15 is 0 Å². The number of hydrogen-bond donors (Lipinski definition) is 0. The maximum atomic E-state index is 13.5. The second-order valence-electron chi connectivity index (χ2n) is 10.1. The Morgan fingerprint density at radius 1 is 0.844 bits per heavy atom. The number of nitrogens with zero attached hydrogens (tertiary/aromatic N) is 2. The number of likely N-dealkylation sites (tertiary alicyclic amines) is 2. The Kier molecular flexibility index (Phi) is 9.10. The van der Waals surface area contributed by atoms with E-state index in [1.165, 1.54) is 51.7 Å². The quantitative estimate of drug-likeness (QED) is 0.349. The molecule has 5 heteroatoms. The Morgan fingerprint density at radius 3 is 1.94 bits per heavy atom. The van der Waals surface area contributed by atoms with Crippen molar-refractivity contribution in [3.63, 3.8) is 0 Å². The maximum Gasteiger partial charge on any atom is 0.236 e. The normalized spacial score (nSPS) is 22.4. The van der Waals surface area contributed by atoms with Crippen LogP contribution in [-0.4, -0.2) is 62.7 Å². The average molecular weight is 447 g/mol. The van der Waals surface area contributed by atoms with Gasteiger partial charge in [0, 0.05) is 13.1 Å². The zero-order valence-electron chi connectivity index (χ0n) is 21.1. The Hall–Kier alpha value is -1.49. The zero-order chi connectivity index (χ0) is 23.0. The highest BCUT2D eigenvalue weighted by atomic mass is 16.5. The summed E-state index contributed by atoms with van der Waals surface area (Å²) in [6.07, 6.45) is 16.7. The molecule has 1 amide bonds. The van der Waals surface area contributed by atoms with Gasteiger partial charge >= 0.3 is 0 Å². The van der Waals surface area contributed by atoms with E-state index < -0.39 is 5.41 Å². The lowest BCUT2D eigenvalue weighted by atomic mass is 9.67. The number of rotatable bonds is 13. The molecule has 2 saturated heterocycles. The molecule has 0 unspecified atom stereocenters. The lowest BCUT2D eigenvalue weighted by Gasteiger charge is -2.41. The van der Waals surface area contributed by atoms with Crippen molar-refractivity contribution in [2.24, 2.45) is 10.8 Å². The van der Waals surface area contributed by atoms with Crippen LogP contribution in [0, 0.1) is 10.8 Å². The topological polar surface area (TPSA) is 42.0 Å². The number of ether oxygens (including phenoxy) is 2. The highest BCUT2D eigenvalue weighted by Crippen LogP contribution is 2.53. The van der Waals surface area contributed by atoms with Crippen molar-refractivity contribution in [3.8, 4) is 0 Å². The van der Waals surface area contributed by atoms with E-state index in [4.69, 9.17) is 9.47 Å². The van der Waals surface area contributed by atoms with Gasteiger partial charge in [0.1, 0.15) is 11.5 Å². The SMILES string of the molecule is CCCC1(CCC)C(OC)=CC2(C=C1OC)CCN(CCCCCCN1CCCC1)C2=O. The van der Waals surface area contributed by atoms with E-state index in [1.807, 2.05) is 0 Å². The monoisotopic (exact) mass is 446 g/mol. The van der Waals surface area contributed by atoms with Crippen LogP contribution < -0.4 is 0 Å². The number of hydrogen-bond acceptors (Lipinski definition) is 4. The van der Waals surface area contributed by atoms with Crippen molar-refractivity contribution in [2.45, 2.75) is 84.5 Å². The molecule has 0 saturated carbocycles. The fourth-order valence-electron chi connectivity index (χ4n) is 6.19. The Bertz CT molecular complexity index is 648. The summed E-state index contributed by atoms with van der Waals surface area (Å²) in [5, 5.41) is 0. The first-order valence-corrected chi connectivity index (χ1v) is 13.1. The van der Waals surface area contributed by atoms with Crippen molar-refractivity contribution in [1.82, 2.24) is 9.80 Å². The maximum absolute atomic E-state index is 13.5. The molecule has 2 fully saturated rings. The Labute approximate surface area is 196 Å². The zero-order valence-corrected chi connectivity index (χ0v) is 21.1. The number of unbranched alkanes of at least 4 members (excludes halogenated alkanes) is 3. The molecule has 32 heavy (non-hydrogen) atoms. The summed E-state index contributed by atoms with van der Waals surface area (Å²) in [6, 6.07) is 0. The third kappa shape index (κ3) is 5.18. The van der Waals surface area contributed by atoms with Crippen LogP contribution in [0.4, 0.5) is 0 Å².